The molecular weight excluding hydrogens is 204 g/mol. The minimum Gasteiger partial charge on any atom is -0.497 e. The molecule has 0 bridgehead atoms. The maximum absolute atomic E-state index is 5.47. The maximum atomic E-state index is 5.47. The van der Waals surface area contributed by atoms with Gasteiger partial charge in [-0.1, -0.05) is 11.6 Å². The molecule has 16 heavy (non-hydrogen) atoms. The highest BCUT2D eigenvalue weighted by Gasteiger charge is 2.19. The van der Waals surface area contributed by atoms with Gasteiger partial charge < -0.3 is 14.2 Å². The molecule has 86 valence electrons. The van der Waals surface area contributed by atoms with Crippen LogP contribution in [0.5, 0.6) is 17.2 Å². The Morgan fingerprint density at radius 1 is 1.44 bits per heavy atom. The highest BCUT2D eigenvalue weighted by molar-refractivity contribution is 5.54. The first-order valence-corrected chi connectivity index (χ1v) is 5.33. The van der Waals surface area contributed by atoms with Crippen LogP contribution in [0.15, 0.2) is 23.8 Å². The molecule has 0 fully saturated rings. The van der Waals surface area contributed by atoms with Gasteiger partial charge in [-0.15, -0.1) is 0 Å². The Kier molecular flexibility index (Phi) is 3.04. The Morgan fingerprint density at radius 2 is 2.25 bits per heavy atom. The van der Waals surface area contributed by atoms with Crippen LogP contribution in [0.1, 0.15) is 19.4 Å². The molecule has 0 aliphatic carbocycles. The number of benzene rings is 1. The topological polar surface area (TPSA) is 27.7 Å². The van der Waals surface area contributed by atoms with Gasteiger partial charge in [-0.05, 0) is 26.3 Å². The summed E-state index contributed by atoms with van der Waals surface area (Å²) in [6.45, 7) is 4.43. The fourth-order valence-electron chi connectivity index (χ4n) is 1.71. The first-order chi connectivity index (χ1) is 7.74. The van der Waals surface area contributed by atoms with Gasteiger partial charge in [0, 0.05) is 11.6 Å². The lowest BCUT2D eigenvalue weighted by Crippen LogP contribution is -1.95. The van der Waals surface area contributed by atoms with E-state index in [4.69, 9.17) is 14.2 Å². The number of fused-ring (bicyclic) bond motifs is 1. The minimum absolute atomic E-state index is 0.296. The van der Waals surface area contributed by atoms with Gasteiger partial charge in [0.05, 0.1) is 7.11 Å². The number of hydrogen-bond acceptors (Lipinski definition) is 3. The van der Waals surface area contributed by atoms with Crippen LogP contribution in [0.25, 0.3) is 0 Å². The molecule has 0 atom stereocenters. The highest BCUT2D eigenvalue weighted by atomic mass is 16.7. The predicted octanol–water partition coefficient (Wildman–Crippen LogP) is 2.93. The number of hydrogen-bond donors (Lipinski definition) is 0. The SMILES string of the molecule is C/C=C(\C)Cc1cc(OC)cc2c1OCO2. The molecule has 0 aromatic heterocycles. The molecule has 0 spiro atoms. The molecule has 0 N–H and O–H groups in total. The van der Waals surface area contributed by atoms with Crippen molar-refractivity contribution in [2.45, 2.75) is 20.3 Å². The molecule has 0 saturated carbocycles. The van der Waals surface area contributed by atoms with Gasteiger partial charge >= 0.3 is 0 Å². The Hall–Kier alpha value is -1.64. The zero-order chi connectivity index (χ0) is 11.5. The average Bonchev–Trinajstić information content (AvgIpc) is 2.76. The molecule has 0 radical (unpaired) electrons. The van der Waals surface area contributed by atoms with Crippen molar-refractivity contribution in [3.05, 3.63) is 29.3 Å². The van der Waals surface area contributed by atoms with Crippen LogP contribution in [0.3, 0.4) is 0 Å². The third kappa shape index (κ3) is 1.98. The lowest BCUT2D eigenvalue weighted by Gasteiger charge is -2.08. The number of ether oxygens (including phenoxy) is 3. The molecule has 1 aromatic carbocycles. The lowest BCUT2D eigenvalue weighted by atomic mass is 10.0. The molecule has 0 amide bonds. The second-order valence-electron chi connectivity index (χ2n) is 3.83. The smallest absolute Gasteiger partial charge is 0.231 e. The van der Waals surface area contributed by atoms with Crippen molar-refractivity contribution in [3.8, 4) is 17.2 Å². The van der Waals surface area contributed by atoms with Crippen molar-refractivity contribution in [1.29, 1.82) is 0 Å². The van der Waals surface area contributed by atoms with E-state index >= 15 is 0 Å². The van der Waals surface area contributed by atoms with Gasteiger partial charge in [0.25, 0.3) is 0 Å². The molecule has 2 rings (SSSR count). The van der Waals surface area contributed by atoms with Gasteiger partial charge in [-0.3, -0.25) is 0 Å². The van der Waals surface area contributed by atoms with Crippen molar-refractivity contribution in [3.63, 3.8) is 0 Å². The van der Waals surface area contributed by atoms with Crippen LogP contribution in [0.2, 0.25) is 0 Å². The van der Waals surface area contributed by atoms with E-state index < -0.39 is 0 Å². The van der Waals surface area contributed by atoms with E-state index in [9.17, 15) is 0 Å². The van der Waals surface area contributed by atoms with Gasteiger partial charge in [0.2, 0.25) is 6.79 Å². The van der Waals surface area contributed by atoms with Crippen LogP contribution in [-0.2, 0) is 6.42 Å². The van der Waals surface area contributed by atoms with E-state index in [-0.39, 0.29) is 0 Å². The standard InChI is InChI=1S/C13H16O3/c1-4-9(2)5-10-6-11(14-3)7-12-13(10)16-8-15-12/h4,6-7H,5,8H2,1-3H3/b9-4+. The average molecular weight is 220 g/mol. The van der Waals surface area contributed by atoms with Crippen LogP contribution in [0, 0.1) is 0 Å². The van der Waals surface area contributed by atoms with Crippen LogP contribution in [0.4, 0.5) is 0 Å². The highest BCUT2D eigenvalue weighted by Crippen LogP contribution is 2.40. The second kappa shape index (κ2) is 4.47. The van der Waals surface area contributed by atoms with Crippen molar-refractivity contribution in [1.82, 2.24) is 0 Å². The van der Waals surface area contributed by atoms with E-state index in [2.05, 4.69) is 13.0 Å². The molecule has 1 aliphatic heterocycles. The van der Waals surface area contributed by atoms with E-state index in [1.54, 1.807) is 7.11 Å². The van der Waals surface area contributed by atoms with Crippen LogP contribution < -0.4 is 14.2 Å². The summed E-state index contributed by atoms with van der Waals surface area (Å²) in [5.74, 6) is 2.43. The monoisotopic (exact) mass is 220 g/mol. The molecule has 1 aromatic rings. The Labute approximate surface area is 95.6 Å². The normalized spacial score (nSPS) is 14.1. The van der Waals surface area contributed by atoms with Gasteiger partial charge in [0.15, 0.2) is 11.5 Å². The number of allylic oxidation sites excluding steroid dienone is 2. The fourth-order valence-corrected chi connectivity index (χ4v) is 1.71. The molecule has 1 heterocycles. The molecular formula is C13H16O3. The molecule has 3 heteroatoms. The van der Waals surface area contributed by atoms with Gasteiger partial charge in [0.1, 0.15) is 5.75 Å². The first kappa shape index (κ1) is 10.9. The lowest BCUT2D eigenvalue weighted by molar-refractivity contribution is 0.173. The summed E-state index contributed by atoms with van der Waals surface area (Å²) in [5.41, 5.74) is 2.41. The Bertz CT molecular complexity index is 421. The summed E-state index contributed by atoms with van der Waals surface area (Å²) in [5, 5.41) is 0. The first-order valence-electron chi connectivity index (χ1n) is 5.33. The molecule has 0 unspecified atom stereocenters. The van der Waals surface area contributed by atoms with Gasteiger partial charge in [-0.2, -0.15) is 0 Å². The largest absolute Gasteiger partial charge is 0.497 e. The molecule has 1 aliphatic rings. The molecule has 0 saturated heterocycles. The predicted molar refractivity (Wildman–Crippen MR) is 62.3 cm³/mol. The number of rotatable bonds is 3. The van der Waals surface area contributed by atoms with Crippen molar-refractivity contribution < 1.29 is 14.2 Å². The Balaban J connectivity index is 2.39. The second-order valence-corrected chi connectivity index (χ2v) is 3.83. The van der Waals surface area contributed by atoms with Crippen LogP contribution >= 0.6 is 0 Å². The van der Waals surface area contributed by atoms with Crippen molar-refractivity contribution >= 4 is 0 Å². The number of methoxy groups -OCH3 is 1. The van der Waals surface area contributed by atoms with E-state index in [0.29, 0.717) is 6.79 Å². The zero-order valence-electron chi connectivity index (χ0n) is 9.87. The summed E-state index contributed by atoms with van der Waals surface area (Å²) in [6.07, 6.45) is 2.96. The van der Waals surface area contributed by atoms with Gasteiger partial charge in [-0.25, -0.2) is 0 Å². The zero-order valence-corrected chi connectivity index (χ0v) is 9.87. The fraction of sp³-hybridized carbons (Fsp3) is 0.385. The maximum Gasteiger partial charge on any atom is 0.231 e. The third-order valence-electron chi connectivity index (χ3n) is 2.72. The summed E-state index contributed by atoms with van der Waals surface area (Å²) < 4.78 is 16.1. The third-order valence-corrected chi connectivity index (χ3v) is 2.72. The van der Waals surface area contributed by atoms with Crippen molar-refractivity contribution in [2.24, 2.45) is 0 Å². The summed E-state index contributed by atoms with van der Waals surface area (Å²) >= 11 is 0. The van der Waals surface area contributed by atoms with Crippen LogP contribution in [-0.4, -0.2) is 13.9 Å². The summed E-state index contributed by atoms with van der Waals surface area (Å²) in [4.78, 5) is 0. The summed E-state index contributed by atoms with van der Waals surface area (Å²) in [6, 6.07) is 3.86. The van der Waals surface area contributed by atoms with E-state index in [1.165, 1.54) is 5.57 Å². The Morgan fingerprint density at radius 3 is 2.94 bits per heavy atom. The molecule has 3 nitrogen and oxygen atoms in total. The van der Waals surface area contributed by atoms with E-state index in [0.717, 1.165) is 29.2 Å². The van der Waals surface area contributed by atoms with Crippen molar-refractivity contribution in [2.75, 3.05) is 13.9 Å². The minimum atomic E-state index is 0.296. The summed E-state index contributed by atoms with van der Waals surface area (Å²) in [7, 11) is 1.66. The van der Waals surface area contributed by atoms with E-state index in [1.807, 2.05) is 19.1 Å². The quantitative estimate of drug-likeness (QED) is 0.733.